The Labute approximate surface area is 128 Å². The average molecular weight is 311 g/mol. The zero-order valence-corrected chi connectivity index (χ0v) is 13.2. The number of carbonyl (C=O) groups is 2. The summed E-state index contributed by atoms with van der Waals surface area (Å²) in [7, 11) is 0. The Morgan fingerprint density at radius 1 is 1.52 bits per heavy atom. The molecule has 1 unspecified atom stereocenters. The Bertz CT molecular complexity index is 496. The fourth-order valence-electron chi connectivity index (χ4n) is 2.40. The summed E-state index contributed by atoms with van der Waals surface area (Å²) in [5.74, 6) is -0.781. The quantitative estimate of drug-likeness (QED) is 0.895. The third kappa shape index (κ3) is 3.53. The first-order valence-electron chi connectivity index (χ1n) is 7.14. The van der Waals surface area contributed by atoms with Crippen molar-refractivity contribution in [1.82, 2.24) is 15.2 Å². The number of nitrogens with zero attached hydrogens (tertiary/aromatic N) is 2. The molecule has 0 aromatic carbocycles. The molecule has 0 saturated carbocycles. The van der Waals surface area contributed by atoms with Crippen LogP contribution < -0.4 is 5.32 Å². The van der Waals surface area contributed by atoms with Crippen LogP contribution in [0.5, 0.6) is 0 Å². The molecule has 1 saturated heterocycles. The molecule has 0 bridgehead atoms. The van der Waals surface area contributed by atoms with E-state index < -0.39 is 11.4 Å². The van der Waals surface area contributed by atoms with Crippen LogP contribution in [0, 0.1) is 5.41 Å². The van der Waals surface area contributed by atoms with E-state index in [4.69, 9.17) is 0 Å². The van der Waals surface area contributed by atoms with Crippen molar-refractivity contribution in [3.05, 3.63) is 16.6 Å². The molecule has 1 atom stereocenters. The number of amides is 2. The van der Waals surface area contributed by atoms with Crippen molar-refractivity contribution in [2.75, 3.05) is 13.1 Å². The van der Waals surface area contributed by atoms with Gasteiger partial charge in [0.15, 0.2) is 0 Å². The van der Waals surface area contributed by atoms with E-state index in [0.717, 1.165) is 11.4 Å². The standard InChI is InChI=1S/C14H21N3O3S/c1-3-10(11-15-6-9-21-11)16-13(20)17-7-4-14(2,5-8-17)12(18)19/h6,9-10H,3-5,7-8H2,1-2H3,(H,16,20)(H,18,19). The predicted molar refractivity (Wildman–Crippen MR) is 80.2 cm³/mol. The number of carboxylic acids is 1. The van der Waals surface area contributed by atoms with Gasteiger partial charge in [0.25, 0.3) is 0 Å². The summed E-state index contributed by atoms with van der Waals surface area (Å²) in [6.45, 7) is 4.70. The number of nitrogens with one attached hydrogen (secondary N) is 1. The van der Waals surface area contributed by atoms with Crippen molar-refractivity contribution in [3.8, 4) is 0 Å². The molecule has 1 aliphatic rings. The lowest BCUT2D eigenvalue weighted by molar-refractivity contribution is -0.150. The first-order valence-corrected chi connectivity index (χ1v) is 8.02. The van der Waals surface area contributed by atoms with Crippen molar-refractivity contribution in [1.29, 1.82) is 0 Å². The summed E-state index contributed by atoms with van der Waals surface area (Å²) in [5.41, 5.74) is -0.712. The summed E-state index contributed by atoms with van der Waals surface area (Å²) >= 11 is 1.53. The molecule has 2 amide bonds. The van der Waals surface area contributed by atoms with Gasteiger partial charge in [-0.1, -0.05) is 6.92 Å². The second-order valence-corrected chi connectivity index (χ2v) is 6.56. The number of aliphatic carboxylic acids is 1. The fraction of sp³-hybridized carbons (Fsp3) is 0.643. The zero-order chi connectivity index (χ0) is 15.5. The van der Waals surface area contributed by atoms with Crippen molar-refractivity contribution >= 4 is 23.3 Å². The topological polar surface area (TPSA) is 82.5 Å². The van der Waals surface area contributed by atoms with Crippen molar-refractivity contribution in [2.24, 2.45) is 5.41 Å². The Kier molecular flexibility index (Phi) is 4.82. The fourth-order valence-corrected chi connectivity index (χ4v) is 3.18. The van der Waals surface area contributed by atoms with Crippen LogP contribution >= 0.6 is 11.3 Å². The lowest BCUT2D eigenvalue weighted by atomic mass is 9.80. The number of thiazole rings is 1. The smallest absolute Gasteiger partial charge is 0.317 e. The molecular weight excluding hydrogens is 290 g/mol. The summed E-state index contributed by atoms with van der Waals surface area (Å²) in [6.07, 6.45) is 3.49. The lowest BCUT2D eigenvalue weighted by Gasteiger charge is -2.36. The minimum Gasteiger partial charge on any atom is -0.481 e. The normalized spacial score (nSPS) is 19.0. The SMILES string of the molecule is CCC(NC(=O)N1CCC(C)(C(=O)O)CC1)c1nccs1. The molecule has 7 heteroatoms. The molecule has 6 nitrogen and oxygen atoms in total. The summed E-state index contributed by atoms with van der Waals surface area (Å²) in [4.78, 5) is 29.4. The first kappa shape index (κ1) is 15.8. The van der Waals surface area contributed by atoms with Gasteiger partial charge in [0.1, 0.15) is 5.01 Å². The maximum Gasteiger partial charge on any atom is 0.317 e. The van der Waals surface area contributed by atoms with Gasteiger partial charge in [-0.25, -0.2) is 9.78 Å². The van der Waals surface area contributed by atoms with Crippen LogP contribution in [0.2, 0.25) is 0 Å². The second-order valence-electron chi connectivity index (χ2n) is 5.63. The van der Waals surface area contributed by atoms with Gasteiger partial charge in [-0.2, -0.15) is 0 Å². The third-order valence-electron chi connectivity index (χ3n) is 4.13. The van der Waals surface area contributed by atoms with Gasteiger partial charge in [-0.15, -0.1) is 11.3 Å². The summed E-state index contributed by atoms with van der Waals surface area (Å²) in [6, 6.07) is -0.213. The van der Waals surface area contributed by atoms with E-state index in [0.29, 0.717) is 25.9 Å². The van der Waals surface area contributed by atoms with E-state index in [1.807, 2.05) is 12.3 Å². The molecule has 0 aliphatic carbocycles. The maximum atomic E-state index is 12.3. The molecule has 1 aliphatic heterocycles. The van der Waals surface area contributed by atoms with Crippen LogP contribution in [0.15, 0.2) is 11.6 Å². The highest BCUT2D eigenvalue weighted by Crippen LogP contribution is 2.31. The van der Waals surface area contributed by atoms with Crippen LogP contribution in [0.25, 0.3) is 0 Å². The van der Waals surface area contributed by atoms with Gasteiger partial charge in [-0.3, -0.25) is 4.79 Å². The van der Waals surface area contributed by atoms with Crippen LogP contribution in [0.4, 0.5) is 4.79 Å². The molecule has 2 heterocycles. The van der Waals surface area contributed by atoms with Crippen molar-refractivity contribution < 1.29 is 14.7 Å². The largest absolute Gasteiger partial charge is 0.481 e. The number of carbonyl (C=O) groups excluding carboxylic acids is 1. The monoisotopic (exact) mass is 311 g/mol. The second kappa shape index (κ2) is 6.43. The van der Waals surface area contributed by atoms with Crippen LogP contribution in [0.3, 0.4) is 0 Å². The van der Waals surface area contributed by atoms with Gasteiger partial charge < -0.3 is 15.3 Å². The molecular formula is C14H21N3O3S. The molecule has 1 aromatic heterocycles. The number of rotatable bonds is 4. The van der Waals surface area contributed by atoms with Gasteiger partial charge in [0.2, 0.25) is 0 Å². The van der Waals surface area contributed by atoms with Gasteiger partial charge in [-0.05, 0) is 26.2 Å². The van der Waals surface area contributed by atoms with E-state index in [9.17, 15) is 14.7 Å². The molecule has 0 radical (unpaired) electrons. The van der Waals surface area contributed by atoms with Crippen LogP contribution in [-0.2, 0) is 4.79 Å². The maximum absolute atomic E-state index is 12.3. The Balaban J connectivity index is 1.92. The number of piperidine rings is 1. The van der Waals surface area contributed by atoms with Crippen molar-refractivity contribution in [2.45, 2.75) is 39.2 Å². The van der Waals surface area contributed by atoms with E-state index in [-0.39, 0.29) is 12.1 Å². The Morgan fingerprint density at radius 2 is 2.19 bits per heavy atom. The summed E-state index contributed by atoms with van der Waals surface area (Å²) < 4.78 is 0. The number of urea groups is 1. The molecule has 1 aromatic rings. The molecule has 0 spiro atoms. The molecule has 21 heavy (non-hydrogen) atoms. The lowest BCUT2D eigenvalue weighted by Crippen LogP contribution is -2.49. The zero-order valence-electron chi connectivity index (χ0n) is 12.3. The highest BCUT2D eigenvalue weighted by atomic mass is 32.1. The summed E-state index contributed by atoms with van der Waals surface area (Å²) in [5, 5.41) is 15.0. The van der Waals surface area contributed by atoms with E-state index in [1.54, 1.807) is 18.0 Å². The molecule has 2 rings (SSSR count). The predicted octanol–water partition coefficient (Wildman–Crippen LogP) is 2.49. The minimum atomic E-state index is -0.781. The van der Waals surface area contributed by atoms with Gasteiger partial charge >= 0.3 is 12.0 Å². The van der Waals surface area contributed by atoms with Gasteiger partial charge in [0, 0.05) is 24.7 Å². The first-order chi connectivity index (χ1) is 9.96. The Hall–Kier alpha value is -1.63. The van der Waals surface area contributed by atoms with Gasteiger partial charge in [0.05, 0.1) is 11.5 Å². The number of hydrogen-bond donors (Lipinski definition) is 2. The number of carboxylic acid groups (broad SMARTS) is 1. The Morgan fingerprint density at radius 3 is 2.67 bits per heavy atom. The van der Waals surface area contributed by atoms with E-state index >= 15 is 0 Å². The average Bonchev–Trinajstić information content (AvgIpc) is 2.99. The van der Waals surface area contributed by atoms with Crippen molar-refractivity contribution in [3.63, 3.8) is 0 Å². The number of aromatic nitrogens is 1. The molecule has 2 N–H and O–H groups in total. The molecule has 1 fully saturated rings. The highest BCUT2D eigenvalue weighted by Gasteiger charge is 2.38. The van der Waals surface area contributed by atoms with E-state index in [2.05, 4.69) is 10.3 Å². The van der Waals surface area contributed by atoms with E-state index in [1.165, 1.54) is 11.3 Å². The van der Waals surface area contributed by atoms with Crippen LogP contribution in [0.1, 0.15) is 44.2 Å². The highest BCUT2D eigenvalue weighted by molar-refractivity contribution is 7.09. The number of hydrogen-bond acceptors (Lipinski definition) is 4. The van der Waals surface area contributed by atoms with Crippen LogP contribution in [-0.4, -0.2) is 40.1 Å². The molecule has 116 valence electrons. The third-order valence-corrected chi connectivity index (χ3v) is 5.02. The number of likely N-dealkylation sites (tertiary alicyclic amines) is 1. The minimum absolute atomic E-state index is 0.0784.